The van der Waals surface area contributed by atoms with E-state index in [4.69, 9.17) is 16.6 Å². The number of nitrogens with two attached hydrogens (primary N) is 2. The first kappa shape index (κ1) is 46.1. The molecular formula is C30H52N8O13. The first-order chi connectivity index (χ1) is 23.6. The average molecular weight is 733 g/mol. The number of rotatable bonds is 23. The Bertz CT molecular complexity index is 1280. The Morgan fingerprint density at radius 2 is 1.06 bits per heavy atom. The molecule has 0 spiro atoms. The number of nitrogens with one attached hydrogen (secondary N) is 6. The van der Waals surface area contributed by atoms with E-state index in [1.165, 1.54) is 13.8 Å². The highest BCUT2D eigenvalue weighted by Gasteiger charge is 2.36. The first-order valence-electron chi connectivity index (χ1n) is 16.2. The first-order valence-corrected chi connectivity index (χ1v) is 16.2. The number of hydrogen-bond donors (Lipinski definition) is 12. The van der Waals surface area contributed by atoms with Gasteiger partial charge < -0.3 is 63.8 Å². The molecule has 10 atom stereocenters. The topological polar surface area (TPSA) is 359 Å². The third kappa shape index (κ3) is 16.1. The predicted molar refractivity (Wildman–Crippen MR) is 177 cm³/mol. The molecular weight excluding hydrogens is 680 g/mol. The molecule has 0 aromatic rings. The summed E-state index contributed by atoms with van der Waals surface area (Å²) in [6.45, 7) is 8.31. The number of carbonyl (C=O) groups is 9. The molecule has 0 saturated heterocycles. The maximum atomic E-state index is 13.3. The van der Waals surface area contributed by atoms with Crippen molar-refractivity contribution in [1.29, 1.82) is 0 Å². The monoisotopic (exact) mass is 732 g/mol. The average Bonchev–Trinajstić information content (AvgIpc) is 3.04. The van der Waals surface area contributed by atoms with Gasteiger partial charge in [0.15, 0.2) is 0 Å². The van der Waals surface area contributed by atoms with Gasteiger partial charge in [0.25, 0.3) is 0 Å². The van der Waals surface area contributed by atoms with Crippen LogP contribution in [0.4, 0.5) is 0 Å². The molecule has 0 rings (SSSR count). The van der Waals surface area contributed by atoms with Crippen LogP contribution in [-0.2, 0) is 43.2 Å². The second-order valence-electron chi connectivity index (χ2n) is 12.2. The number of aliphatic hydroxyl groups is 2. The van der Waals surface area contributed by atoms with Gasteiger partial charge in [0.05, 0.1) is 37.6 Å². The Morgan fingerprint density at radius 1 is 0.588 bits per heavy atom. The number of carboxylic acid groups (broad SMARTS) is 2. The lowest BCUT2D eigenvalue weighted by Gasteiger charge is -2.29. The molecule has 0 saturated carbocycles. The molecule has 0 unspecified atom stereocenters. The molecule has 14 N–H and O–H groups in total. The van der Waals surface area contributed by atoms with Crippen LogP contribution in [0.5, 0.6) is 0 Å². The summed E-state index contributed by atoms with van der Waals surface area (Å²) in [7, 11) is 0. The van der Waals surface area contributed by atoms with E-state index >= 15 is 0 Å². The van der Waals surface area contributed by atoms with Crippen molar-refractivity contribution in [2.75, 3.05) is 6.54 Å². The van der Waals surface area contributed by atoms with Gasteiger partial charge in [-0.15, -0.1) is 0 Å². The van der Waals surface area contributed by atoms with Gasteiger partial charge in [-0.05, 0) is 25.7 Å². The van der Waals surface area contributed by atoms with Crippen molar-refractivity contribution < 1.29 is 63.6 Å². The second kappa shape index (κ2) is 22.0. The zero-order chi connectivity index (χ0) is 39.7. The molecule has 7 amide bonds. The molecule has 21 heteroatoms. The largest absolute Gasteiger partial charge is 0.481 e. The Morgan fingerprint density at radius 3 is 1.51 bits per heavy atom. The fourth-order valence-corrected chi connectivity index (χ4v) is 4.34. The normalized spacial score (nSPS) is 16.9. The maximum Gasteiger partial charge on any atom is 0.326 e. The van der Waals surface area contributed by atoms with Crippen LogP contribution in [0.25, 0.3) is 0 Å². The van der Waals surface area contributed by atoms with Gasteiger partial charge in [0.1, 0.15) is 30.2 Å². The van der Waals surface area contributed by atoms with Crippen LogP contribution < -0.4 is 43.4 Å². The molecule has 0 fully saturated rings. The van der Waals surface area contributed by atoms with Gasteiger partial charge in [-0.1, -0.05) is 40.5 Å². The smallest absolute Gasteiger partial charge is 0.326 e. The SMILES string of the molecule is CC[C@H](C)[C@H](N)C(=O)N[C@H](C(=O)NCC(=O)N[C@H](C(=O)N[C@H](C(=O)N[C@@H](CC(N)=O)C(=O)N[C@@H](CC(=O)O)C(=O)O)[C@@H](C)CC)[C@@H](C)O)[C@@H](C)O. The van der Waals surface area contributed by atoms with Crippen molar-refractivity contribution >= 4 is 53.3 Å². The Balaban J connectivity index is 5.82. The Labute approximate surface area is 294 Å². The number of hydrogen-bond acceptors (Lipinski definition) is 12. The number of carboxylic acids is 2. The summed E-state index contributed by atoms with van der Waals surface area (Å²) < 4.78 is 0. The molecule has 0 aliphatic rings. The van der Waals surface area contributed by atoms with Crippen LogP contribution in [-0.4, -0.2) is 129 Å². The lowest BCUT2D eigenvalue weighted by atomic mass is 9.96. The molecule has 290 valence electrons. The summed E-state index contributed by atoms with van der Waals surface area (Å²) in [5.74, 6) is -11.3. The van der Waals surface area contributed by atoms with Crippen LogP contribution in [0, 0.1) is 11.8 Å². The number of amides is 7. The molecule has 0 bridgehead atoms. The highest BCUT2D eigenvalue weighted by molar-refractivity contribution is 5.98. The third-order valence-electron chi connectivity index (χ3n) is 7.95. The maximum absolute atomic E-state index is 13.3. The summed E-state index contributed by atoms with van der Waals surface area (Å²) >= 11 is 0. The van der Waals surface area contributed by atoms with Gasteiger partial charge in [-0.2, -0.15) is 0 Å². The van der Waals surface area contributed by atoms with Gasteiger partial charge in [-0.25, -0.2) is 4.79 Å². The number of carbonyl (C=O) groups excluding carboxylic acids is 7. The van der Waals surface area contributed by atoms with Gasteiger partial charge in [0, 0.05) is 0 Å². The highest BCUT2D eigenvalue weighted by Crippen LogP contribution is 2.11. The van der Waals surface area contributed by atoms with Crippen molar-refractivity contribution in [2.45, 2.75) is 116 Å². The highest BCUT2D eigenvalue weighted by atomic mass is 16.4. The lowest BCUT2D eigenvalue weighted by molar-refractivity contribution is -0.147. The van der Waals surface area contributed by atoms with Crippen molar-refractivity contribution in [3.63, 3.8) is 0 Å². The minimum atomic E-state index is -1.92. The summed E-state index contributed by atoms with van der Waals surface area (Å²) in [4.78, 5) is 111. The molecule has 0 radical (unpaired) electrons. The van der Waals surface area contributed by atoms with Crippen molar-refractivity contribution in [3.8, 4) is 0 Å². The van der Waals surface area contributed by atoms with E-state index in [0.717, 1.165) is 6.92 Å². The molecule has 21 nitrogen and oxygen atoms in total. The number of primary amides is 1. The zero-order valence-electron chi connectivity index (χ0n) is 29.4. The van der Waals surface area contributed by atoms with Crippen LogP contribution >= 0.6 is 0 Å². The quantitative estimate of drug-likeness (QED) is 0.0469. The second-order valence-corrected chi connectivity index (χ2v) is 12.2. The molecule has 0 aliphatic carbocycles. The van der Waals surface area contributed by atoms with Crippen molar-refractivity contribution in [2.24, 2.45) is 23.3 Å². The van der Waals surface area contributed by atoms with E-state index in [-0.39, 0.29) is 12.3 Å². The summed E-state index contributed by atoms with van der Waals surface area (Å²) in [5, 5.41) is 51.7. The number of aliphatic hydroxyl groups excluding tert-OH is 2. The fourth-order valence-electron chi connectivity index (χ4n) is 4.34. The Kier molecular flexibility index (Phi) is 19.9. The van der Waals surface area contributed by atoms with Crippen LogP contribution in [0.15, 0.2) is 0 Å². The van der Waals surface area contributed by atoms with Crippen molar-refractivity contribution in [3.05, 3.63) is 0 Å². The van der Waals surface area contributed by atoms with Crippen LogP contribution in [0.1, 0.15) is 67.2 Å². The van der Waals surface area contributed by atoms with E-state index in [0.29, 0.717) is 6.42 Å². The minimum absolute atomic E-state index is 0.235. The predicted octanol–water partition coefficient (Wildman–Crippen LogP) is -4.86. The van der Waals surface area contributed by atoms with E-state index < -0.39 is 127 Å². The minimum Gasteiger partial charge on any atom is -0.481 e. The van der Waals surface area contributed by atoms with E-state index in [1.54, 1.807) is 13.8 Å². The van der Waals surface area contributed by atoms with Gasteiger partial charge >= 0.3 is 11.9 Å². The summed E-state index contributed by atoms with van der Waals surface area (Å²) in [5.41, 5.74) is 11.1. The van der Waals surface area contributed by atoms with E-state index in [1.807, 2.05) is 12.2 Å². The lowest BCUT2D eigenvalue weighted by Crippen LogP contribution is -2.61. The summed E-state index contributed by atoms with van der Waals surface area (Å²) in [6.07, 6.45) is -3.99. The molecule has 0 aromatic heterocycles. The molecule has 0 heterocycles. The van der Waals surface area contributed by atoms with E-state index in [2.05, 4.69) is 26.6 Å². The van der Waals surface area contributed by atoms with Gasteiger partial charge in [-0.3, -0.25) is 38.4 Å². The zero-order valence-corrected chi connectivity index (χ0v) is 29.4. The summed E-state index contributed by atoms with van der Waals surface area (Å²) in [6, 6.07) is -9.33. The standard InChI is InChI=1S/C30H52N8O13/c1-7-12(3)21(32)26(46)38-23(14(5)39)27(47)33-11-19(42)36-24(15(6)40)29(49)37-22(13(4)8-2)28(48)34-16(9-18(31)41)25(45)35-17(30(50)51)10-20(43)44/h12-17,21-24,39-40H,7-11,32H2,1-6H3,(H2,31,41)(H,33,47)(H,34,48)(H,35,45)(H,36,42)(H,37,49)(H,38,46)(H,43,44)(H,50,51)/t12-,13-,14+,15+,16-,17-,21-,22-,23-,24-/m0/s1. The number of aliphatic carboxylic acids is 2. The molecule has 0 aliphatic heterocycles. The molecule has 0 aromatic carbocycles. The molecule has 51 heavy (non-hydrogen) atoms. The van der Waals surface area contributed by atoms with Gasteiger partial charge in [0.2, 0.25) is 41.4 Å². The van der Waals surface area contributed by atoms with E-state index in [9.17, 15) is 58.5 Å². The van der Waals surface area contributed by atoms with Crippen LogP contribution in [0.3, 0.4) is 0 Å². The van der Waals surface area contributed by atoms with Crippen molar-refractivity contribution in [1.82, 2.24) is 31.9 Å². The fraction of sp³-hybridized carbons (Fsp3) is 0.700. The Hall–Kier alpha value is -4.89. The van der Waals surface area contributed by atoms with Crippen LogP contribution in [0.2, 0.25) is 0 Å². The third-order valence-corrected chi connectivity index (χ3v) is 7.95.